The average Bonchev–Trinajstić information content (AvgIpc) is 2.15. The van der Waals surface area contributed by atoms with Gasteiger partial charge in [-0.05, 0) is 6.92 Å². The molecule has 0 amide bonds. The minimum absolute atomic E-state index is 0.0687. The molecule has 0 aromatic heterocycles. The quantitative estimate of drug-likeness (QED) is 0.673. The lowest BCUT2D eigenvalue weighted by Gasteiger charge is -2.24. The molecule has 0 aliphatic heterocycles. The van der Waals surface area contributed by atoms with Crippen LogP contribution in [0.15, 0.2) is 0 Å². The van der Waals surface area contributed by atoms with Crippen molar-refractivity contribution < 1.29 is 13.5 Å². The van der Waals surface area contributed by atoms with Gasteiger partial charge in [-0.1, -0.05) is 20.8 Å². The van der Waals surface area contributed by atoms with E-state index in [4.69, 9.17) is 5.11 Å². The molecule has 0 rings (SSSR count). The molecule has 0 aromatic rings. The minimum Gasteiger partial charge on any atom is -0.396 e. The van der Waals surface area contributed by atoms with Gasteiger partial charge >= 0.3 is 0 Å². The third kappa shape index (κ3) is 6.87. The molecule has 0 aromatic carbocycles. The predicted molar refractivity (Wildman–Crippen MR) is 62.7 cm³/mol. The fourth-order valence-electron chi connectivity index (χ4n) is 1.06. The highest BCUT2D eigenvalue weighted by Crippen LogP contribution is 2.11. The maximum absolute atomic E-state index is 11.3. The zero-order valence-electron chi connectivity index (χ0n) is 10.1. The van der Waals surface area contributed by atoms with Crippen LogP contribution in [0.2, 0.25) is 0 Å². The molecule has 5 heteroatoms. The zero-order chi connectivity index (χ0) is 12.1. The van der Waals surface area contributed by atoms with Crippen LogP contribution < -0.4 is 5.32 Å². The Labute approximate surface area is 93.0 Å². The Morgan fingerprint density at radius 3 is 2.33 bits per heavy atom. The van der Waals surface area contributed by atoms with Crippen LogP contribution >= 0.6 is 0 Å². The van der Waals surface area contributed by atoms with Crippen molar-refractivity contribution in [2.24, 2.45) is 5.41 Å². The summed E-state index contributed by atoms with van der Waals surface area (Å²) in [4.78, 5) is 0. The molecule has 0 aliphatic rings. The Kier molecular flexibility index (Phi) is 5.77. The number of sulfone groups is 1. The van der Waals surface area contributed by atoms with E-state index in [1.165, 1.54) is 0 Å². The molecule has 0 bridgehead atoms. The molecule has 4 nitrogen and oxygen atoms in total. The van der Waals surface area contributed by atoms with E-state index in [-0.39, 0.29) is 29.6 Å². The number of hydrogen-bond acceptors (Lipinski definition) is 4. The summed E-state index contributed by atoms with van der Waals surface area (Å²) in [5.74, 6) is 0.341. The van der Waals surface area contributed by atoms with Crippen molar-refractivity contribution in [1.82, 2.24) is 5.32 Å². The van der Waals surface area contributed by atoms with E-state index >= 15 is 0 Å². The summed E-state index contributed by atoms with van der Waals surface area (Å²) < 4.78 is 22.6. The fourth-order valence-corrected chi connectivity index (χ4v) is 2.18. The molecule has 1 atom stereocenters. The number of rotatable bonds is 7. The van der Waals surface area contributed by atoms with Gasteiger partial charge < -0.3 is 10.4 Å². The summed E-state index contributed by atoms with van der Waals surface area (Å²) >= 11 is 0. The van der Waals surface area contributed by atoms with Crippen LogP contribution in [0.25, 0.3) is 0 Å². The molecule has 0 fully saturated rings. The molecular formula is C10H23NO3S. The van der Waals surface area contributed by atoms with E-state index in [9.17, 15) is 8.42 Å². The topological polar surface area (TPSA) is 66.4 Å². The Hall–Kier alpha value is -0.130. The standard InChI is InChI=1S/C10H23NO3S/c1-5-15(13,14)6-9(2)11-7-10(3,4)8-12/h9,11-12H,5-8H2,1-4H3. The summed E-state index contributed by atoms with van der Waals surface area (Å²) in [6.07, 6.45) is 0. The van der Waals surface area contributed by atoms with Gasteiger partial charge in [0.15, 0.2) is 9.84 Å². The third-order valence-corrected chi connectivity index (χ3v) is 4.19. The van der Waals surface area contributed by atoms with Crippen LogP contribution in [0.1, 0.15) is 27.7 Å². The first-order valence-electron chi connectivity index (χ1n) is 5.27. The lowest BCUT2D eigenvalue weighted by Crippen LogP contribution is -2.40. The van der Waals surface area contributed by atoms with E-state index < -0.39 is 9.84 Å². The van der Waals surface area contributed by atoms with Crippen molar-refractivity contribution >= 4 is 9.84 Å². The largest absolute Gasteiger partial charge is 0.396 e. The normalized spacial score (nSPS) is 15.3. The second-order valence-corrected chi connectivity index (χ2v) is 7.20. The van der Waals surface area contributed by atoms with Crippen molar-refractivity contribution in [3.8, 4) is 0 Å². The molecule has 0 radical (unpaired) electrons. The van der Waals surface area contributed by atoms with Gasteiger partial charge in [-0.25, -0.2) is 8.42 Å². The number of nitrogens with one attached hydrogen (secondary N) is 1. The van der Waals surface area contributed by atoms with Crippen molar-refractivity contribution in [2.45, 2.75) is 33.7 Å². The molecule has 0 aliphatic carbocycles. The van der Waals surface area contributed by atoms with Crippen molar-refractivity contribution in [1.29, 1.82) is 0 Å². The van der Waals surface area contributed by atoms with Gasteiger partial charge in [0.25, 0.3) is 0 Å². The smallest absolute Gasteiger partial charge is 0.151 e. The monoisotopic (exact) mass is 237 g/mol. The Morgan fingerprint density at radius 1 is 1.40 bits per heavy atom. The van der Waals surface area contributed by atoms with Gasteiger partial charge in [0, 0.05) is 30.4 Å². The first-order chi connectivity index (χ1) is 6.72. The SMILES string of the molecule is CCS(=O)(=O)CC(C)NCC(C)(C)CO. The average molecular weight is 237 g/mol. The Bertz CT molecular complexity index is 272. The van der Waals surface area contributed by atoms with E-state index in [1.807, 2.05) is 20.8 Å². The first kappa shape index (κ1) is 14.9. The highest BCUT2D eigenvalue weighted by atomic mass is 32.2. The van der Waals surface area contributed by atoms with Crippen LogP contribution in [-0.2, 0) is 9.84 Å². The van der Waals surface area contributed by atoms with Crippen LogP contribution in [0, 0.1) is 5.41 Å². The number of hydrogen-bond donors (Lipinski definition) is 2. The summed E-state index contributed by atoms with van der Waals surface area (Å²) in [6.45, 7) is 8.07. The van der Waals surface area contributed by atoms with Gasteiger partial charge in [0.05, 0.1) is 5.75 Å². The number of aliphatic hydroxyl groups excluding tert-OH is 1. The first-order valence-corrected chi connectivity index (χ1v) is 7.09. The Balaban J connectivity index is 4.01. The van der Waals surface area contributed by atoms with E-state index in [0.717, 1.165) is 0 Å². The number of aliphatic hydroxyl groups is 1. The van der Waals surface area contributed by atoms with Gasteiger partial charge in [0.1, 0.15) is 0 Å². The van der Waals surface area contributed by atoms with Crippen molar-refractivity contribution in [2.75, 3.05) is 24.7 Å². The predicted octanol–water partition coefficient (Wildman–Crippen LogP) is 0.418. The van der Waals surface area contributed by atoms with Crippen molar-refractivity contribution in [3.63, 3.8) is 0 Å². The fraction of sp³-hybridized carbons (Fsp3) is 1.00. The molecule has 0 spiro atoms. The van der Waals surface area contributed by atoms with E-state index in [1.54, 1.807) is 6.92 Å². The zero-order valence-corrected chi connectivity index (χ0v) is 10.9. The molecule has 92 valence electrons. The van der Waals surface area contributed by atoms with Gasteiger partial charge in [0.2, 0.25) is 0 Å². The van der Waals surface area contributed by atoms with Gasteiger partial charge in [-0.2, -0.15) is 0 Å². The summed E-state index contributed by atoms with van der Waals surface area (Å²) in [7, 11) is -2.92. The van der Waals surface area contributed by atoms with Crippen LogP contribution in [0.4, 0.5) is 0 Å². The molecule has 0 heterocycles. The maximum atomic E-state index is 11.3. The van der Waals surface area contributed by atoms with Crippen molar-refractivity contribution in [3.05, 3.63) is 0 Å². The highest BCUT2D eigenvalue weighted by Gasteiger charge is 2.19. The lowest BCUT2D eigenvalue weighted by molar-refractivity contribution is 0.154. The molecule has 1 unspecified atom stereocenters. The Morgan fingerprint density at radius 2 is 1.93 bits per heavy atom. The second kappa shape index (κ2) is 5.82. The second-order valence-electron chi connectivity index (χ2n) is 4.80. The molecule has 15 heavy (non-hydrogen) atoms. The highest BCUT2D eigenvalue weighted by molar-refractivity contribution is 7.91. The van der Waals surface area contributed by atoms with Crippen LogP contribution in [-0.4, -0.2) is 44.2 Å². The summed E-state index contributed by atoms with van der Waals surface area (Å²) in [5.41, 5.74) is -0.204. The van der Waals surface area contributed by atoms with E-state index in [0.29, 0.717) is 6.54 Å². The molecule has 2 N–H and O–H groups in total. The third-order valence-electron chi connectivity index (χ3n) is 2.30. The molecular weight excluding hydrogens is 214 g/mol. The minimum atomic E-state index is -2.92. The molecule has 0 saturated heterocycles. The lowest BCUT2D eigenvalue weighted by atomic mass is 9.95. The van der Waals surface area contributed by atoms with Gasteiger partial charge in [-0.3, -0.25) is 0 Å². The van der Waals surface area contributed by atoms with Crippen LogP contribution in [0.3, 0.4) is 0 Å². The maximum Gasteiger partial charge on any atom is 0.151 e. The van der Waals surface area contributed by atoms with Gasteiger partial charge in [-0.15, -0.1) is 0 Å². The van der Waals surface area contributed by atoms with Crippen LogP contribution in [0.5, 0.6) is 0 Å². The summed E-state index contributed by atoms with van der Waals surface area (Å²) in [5, 5.41) is 12.2. The molecule has 0 saturated carbocycles. The summed E-state index contributed by atoms with van der Waals surface area (Å²) in [6, 6.07) is -0.0687. The van der Waals surface area contributed by atoms with E-state index in [2.05, 4.69) is 5.32 Å².